The lowest BCUT2D eigenvalue weighted by Crippen LogP contribution is -2.34. The standard InChI is InChI=1S/C19H20N4O/c1-13-7-9-23-17-11-14(5-6-16(17)22-18(23)10-13)19(24)21-12-15-4-2-3-8-20-15/h2-4,7-10,14H,5-6,11-12H2,1H3,(H,21,24). The molecule has 0 aromatic carbocycles. The van der Waals surface area contributed by atoms with E-state index in [1.165, 1.54) is 11.3 Å². The fraction of sp³-hybridized carbons (Fsp3) is 0.316. The van der Waals surface area contributed by atoms with Crippen LogP contribution in [0.4, 0.5) is 0 Å². The van der Waals surface area contributed by atoms with Gasteiger partial charge < -0.3 is 9.72 Å². The van der Waals surface area contributed by atoms with Crippen LogP contribution in [0, 0.1) is 12.8 Å². The van der Waals surface area contributed by atoms with Gasteiger partial charge in [0.1, 0.15) is 5.65 Å². The van der Waals surface area contributed by atoms with Crippen molar-refractivity contribution < 1.29 is 4.79 Å². The number of carbonyl (C=O) groups is 1. The molecule has 24 heavy (non-hydrogen) atoms. The summed E-state index contributed by atoms with van der Waals surface area (Å²) in [5.74, 6) is 0.107. The first-order valence-electron chi connectivity index (χ1n) is 8.35. The second-order valence-electron chi connectivity index (χ2n) is 6.42. The lowest BCUT2D eigenvalue weighted by atomic mass is 9.89. The molecule has 3 aromatic rings. The zero-order valence-corrected chi connectivity index (χ0v) is 13.7. The molecule has 1 N–H and O–H groups in total. The Labute approximate surface area is 140 Å². The number of aromatic nitrogens is 3. The third-order valence-corrected chi connectivity index (χ3v) is 4.67. The Kier molecular flexibility index (Phi) is 3.76. The van der Waals surface area contributed by atoms with Crippen molar-refractivity contribution in [3.05, 3.63) is 65.4 Å². The van der Waals surface area contributed by atoms with Crippen LogP contribution in [0.25, 0.3) is 5.65 Å². The van der Waals surface area contributed by atoms with E-state index in [1.54, 1.807) is 6.20 Å². The maximum atomic E-state index is 12.5. The molecule has 1 unspecified atom stereocenters. The number of fused-ring (bicyclic) bond motifs is 3. The SMILES string of the molecule is Cc1ccn2c3c(nc2c1)CCC(C(=O)NCc1ccccn1)C3. The van der Waals surface area contributed by atoms with Crippen LogP contribution in [0.2, 0.25) is 0 Å². The molecule has 0 saturated carbocycles. The minimum Gasteiger partial charge on any atom is -0.350 e. The Bertz CT molecular complexity index is 885. The van der Waals surface area contributed by atoms with E-state index in [9.17, 15) is 4.79 Å². The van der Waals surface area contributed by atoms with Crippen molar-refractivity contribution in [2.24, 2.45) is 5.92 Å². The molecular formula is C19H20N4O. The molecule has 5 heteroatoms. The average molecular weight is 320 g/mol. The smallest absolute Gasteiger partial charge is 0.223 e. The molecule has 0 aliphatic heterocycles. The van der Waals surface area contributed by atoms with E-state index in [0.717, 1.165) is 36.3 Å². The minimum atomic E-state index is 0.00224. The Morgan fingerprint density at radius 1 is 1.38 bits per heavy atom. The monoisotopic (exact) mass is 320 g/mol. The molecule has 0 spiro atoms. The van der Waals surface area contributed by atoms with Gasteiger partial charge in [-0.25, -0.2) is 4.98 Å². The van der Waals surface area contributed by atoms with Gasteiger partial charge in [-0.1, -0.05) is 6.07 Å². The van der Waals surface area contributed by atoms with Gasteiger partial charge in [-0.05, 0) is 49.6 Å². The number of aryl methyl sites for hydroxylation is 2. The number of hydrogen-bond acceptors (Lipinski definition) is 3. The van der Waals surface area contributed by atoms with Crippen LogP contribution in [-0.4, -0.2) is 20.3 Å². The van der Waals surface area contributed by atoms with Crippen molar-refractivity contribution in [2.45, 2.75) is 32.7 Å². The topological polar surface area (TPSA) is 59.3 Å². The van der Waals surface area contributed by atoms with E-state index in [0.29, 0.717) is 6.54 Å². The summed E-state index contributed by atoms with van der Waals surface area (Å²) in [6.07, 6.45) is 6.26. The zero-order valence-electron chi connectivity index (χ0n) is 13.7. The van der Waals surface area contributed by atoms with E-state index in [-0.39, 0.29) is 11.8 Å². The van der Waals surface area contributed by atoms with Gasteiger partial charge in [0.05, 0.1) is 17.9 Å². The number of amides is 1. The fourth-order valence-corrected chi connectivity index (χ4v) is 3.36. The van der Waals surface area contributed by atoms with Gasteiger partial charge in [-0.15, -0.1) is 0 Å². The third-order valence-electron chi connectivity index (χ3n) is 4.67. The number of hydrogen-bond donors (Lipinski definition) is 1. The normalized spacial score (nSPS) is 16.8. The maximum Gasteiger partial charge on any atom is 0.223 e. The van der Waals surface area contributed by atoms with Crippen molar-refractivity contribution in [1.82, 2.24) is 19.7 Å². The van der Waals surface area contributed by atoms with E-state index in [2.05, 4.69) is 40.0 Å². The highest BCUT2D eigenvalue weighted by Crippen LogP contribution is 2.26. The summed E-state index contributed by atoms with van der Waals surface area (Å²) < 4.78 is 2.13. The Hall–Kier alpha value is -2.69. The van der Waals surface area contributed by atoms with Gasteiger partial charge in [0.25, 0.3) is 0 Å². The molecule has 3 aromatic heterocycles. The van der Waals surface area contributed by atoms with Gasteiger partial charge in [-0.3, -0.25) is 9.78 Å². The van der Waals surface area contributed by atoms with Crippen LogP contribution in [0.5, 0.6) is 0 Å². The molecule has 5 nitrogen and oxygen atoms in total. The first-order chi connectivity index (χ1) is 11.7. The van der Waals surface area contributed by atoms with Crippen LogP contribution in [0.3, 0.4) is 0 Å². The molecule has 3 heterocycles. The second kappa shape index (κ2) is 6.07. The quantitative estimate of drug-likeness (QED) is 0.806. The summed E-state index contributed by atoms with van der Waals surface area (Å²) in [7, 11) is 0. The predicted octanol–water partition coefficient (Wildman–Crippen LogP) is 2.46. The Balaban J connectivity index is 1.49. The van der Waals surface area contributed by atoms with Gasteiger partial charge in [0.2, 0.25) is 5.91 Å². The summed E-state index contributed by atoms with van der Waals surface area (Å²) in [5, 5.41) is 3.02. The van der Waals surface area contributed by atoms with Gasteiger partial charge >= 0.3 is 0 Å². The summed E-state index contributed by atoms with van der Waals surface area (Å²) in [6.45, 7) is 2.55. The van der Waals surface area contributed by atoms with Crippen molar-refractivity contribution in [1.29, 1.82) is 0 Å². The molecule has 1 atom stereocenters. The molecule has 0 bridgehead atoms. The van der Waals surface area contributed by atoms with Crippen LogP contribution in [-0.2, 0) is 24.2 Å². The lowest BCUT2D eigenvalue weighted by molar-refractivity contribution is -0.125. The van der Waals surface area contributed by atoms with E-state index in [1.807, 2.05) is 18.2 Å². The average Bonchev–Trinajstić information content (AvgIpc) is 2.97. The predicted molar refractivity (Wildman–Crippen MR) is 91.5 cm³/mol. The first-order valence-corrected chi connectivity index (χ1v) is 8.35. The number of imidazole rings is 1. The van der Waals surface area contributed by atoms with Crippen LogP contribution < -0.4 is 5.32 Å². The molecule has 0 radical (unpaired) electrons. The largest absolute Gasteiger partial charge is 0.350 e. The van der Waals surface area contributed by atoms with Crippen molar-refractivity contribution in [3.8, 4) is 0 Å². The second-order valence-corrected chi connectivity index (χ2v) is 6.42. The Morgan fingerprint density at radius 2 is 2.29 bits per heavy atom. The molecule has 0 fully saturated rings. The lowest BCUT2D eigenvalue weighted by Gasteiger charge is -2.21. The Morgan fingerprint density at radius 3 is 3.12 bits per heavy atom. The molecular weight excluding hydrogens is 300 g/mol. The van der Waals surface area contributed by atoms with Crippen molar-refractivity contribution in [3.63, 3.8) is 0 Å². The number of carbonyl (C=O) groups excluding carboxylic acids is 1. The molecule has 122 valence electrons. The van der Waals surface area contributed by atoms with E-state index < -0.39 is 0 Å². The summed E-state index contributed by atoms with van der Waals surface area (Å²) in [5.41, 5.74) is 5.38. The van der Waals surface area contributed by atoms with Gasteiger partial charge in [0, 0.05) is 30.4 Å². The fourth-order valence-electron chi connectivity index (χ4n) is 3.36. The van der Waals surface area contributed by atoms with Gasteiger partial charge in [-0.2, -0.15) is 0 Å². The van der Waals surface area contributed by atoms with Crippen LogP contribution in [0.1, 0.15) is 29.1 Å². The summed E-state index contributed by atoms with van der Waals surface area (Å²) >= 11 is 0. The highest BCUT2D eigenvalue weighted by molar-refractivity contribution is 5.79. The highest BCUT2D eigenvalue weighted by atomic mass is 16.1. The first kappa shape index (κ1) is 14.9. The van der Waals surface area contributed by atoms with E-state index in [4.69, 9.17) is 4.98 Å². The number of pyridine rings is 2. The van der Waals surface area contributed by atoms with Gasteiger partial charge in [0.15, 0.2) is 0 Å². The molecule has 1 aliphatic carbocycles. The zero-order chi connectivity index (χ0) is 16.5. The summed E-state index contributed by atoms with van der Waals surface area (Å²) in [6, 6.07) is 9.91. The molecule has 0 saturated heterocycles. The highest BCUT2D eigenvalue weighted by Gasteiger charge is 2.27. The minimum absolute atomic E-state index is 0.00224. The van der Waals surface area contributed by atoms with E-state index >= 15 is 0 Å². The number of nitrogens with zero attached hydrogens (tertiary/aromatic N) is 3. The third kappa shape index (κ3) is 2.77. The number of rotatable bonds is 3. The van der Waals surface area contributed by atoms with Crippen molar-refractivity contribution >= 4 is 11.6 Å². The molecule has 1 amide bonds. The molecule has 4 rings (SSSR count). The van der Waals surface area contributed by atoms with Crippen LogP contribution in [0.15, 0.2) is 42.7 Å². The summed E-state index contributed by atoms with van der Waals surface area (Å²) in [4.78, 5) is 21.5. The number of nitrogens with one attached hydrogen (secondary N) is 1. The van der Waals surface area contributed by atoms with Crippen LogP contribution >= 0.6 is 0 Å². The molecule has 1 aliphatic rings. The van der Waals surface area contributed by atoms with Crippen molar-refractivity contribution in [2.75, 3.05) is 0 Å². The maximum absolute atomic E-state index is 12.5.